The van der Waals surface area contributed by atoms with Crippen LogP contribution >= 0.6 is 0 Å². The van der Waals surface area contributed by atoms with Crippen LogP contribution in [0.4, 0.5) is 17.3 Å². The van der Waals surface area contributed by atoms with Crippen LogP contribution in [0.15, 0.2) is 48.9 Å². The molecule has 0 radical (unpaired) electrons. The smallest absolute Gasteiger partial charge is 0.271 e. The third-order valence-electron chi connectivity index (χ3n) is 3.58. The Morgan fingerprint density at radius 2 is 2.04 bits per heavy atom. The van der Waals surface area contributed by atoms with Gasteiger partial charge in [-0.1, -0.05) is 6.07 Å². The van der Waals surface area contributed by atoms with Gasteiger partial charge in [-0.3, -0.25) is 15.1 Å². The van der Waals surface area contributed by atoms with E-state index in [0.717, 1.165) is 11.1 Å². The minimum absolute atomic E-state index is 0.00116. The van der Waals surface area contributed by atoms with Gasteiger partial charge < -0.3 is 10.1 Å². The van der Waals surface area contributed by atoms with Crippen molar-refractivity contribution in [2.75, 3.05) is 12.4 Å². The van der Waals surface area contributed by atoms with Crippen LogP contribution in [0.3, 0.4) is 0 Å². The van der Waals surface area contributed by atoms with Crippen LogP contribution in [0.5, 0.6) is 5.75 Å². The van der Waals surface area contributed by atoms with E-state index in [1.165, 1.54) is 12.1 Å². The molecule has 1 N–H and O–H groups in total. The quantitative estimate of drug-likeness (QED) is 0.561. The average molecular weight is 337 g/mol. The highest BCUT2D eigenvalue weighted by Gasteiger charge is 2.10. The summed E-state index contributed by atoms with van der Waals surface area (Å²) < 4.78 is 5.17. The molecule has 0 aliphatic heterocycles. The van der Waals surface area contributed by atoms with E-state index >= 15 is 0 Å². The first-order valence-corrected chi connectivity index (χ1v) is 7.41. The van der Waals surface area contributed by atoms with Gasteiger partial charge in [0, 0.05) is 30.1 Å². The standard InChI is InChI=1S/C17H15N5O3/c1-11-3-4-13(22(23)24)8-16(11)21-17-19-6-5-15(20-17)12-7-14(25-2)10-18-9-12/h3-10H,1-2H3,(H,19,20,21). The van der Waals surface area contributed by atoms with E-state index in [1.54, 1.807) is 37.8 Å². The van der Waals surface area contributed by atoms with Crippen LogP contribution in [0.25, 0.3) is 11.3 Å². The zero-order valence-corrected chi connectivity index (χ0v) is 13.6. The predicted molar refractivity (Wildman–Crippen MR) is 92.9 cm³/mol. The predicted octanol–water partition coefficient (Wildman–Crippen LogP) is 3.51. The summed E-state index contributed by atoms with van der Waals surface area (Å²) in [5.74, 6) is 0.962. The molecule has 3 aromatic rings. The second-order valence-electron chi connectivity index (χ2n) is 5.26. The molecular formula is C17H15N5O3. The Morgan fingerprint density at radius 1 is 1.20 bits per heavy atom. The molecule has 2 aromatic heterocycles. The summed E-state index contributed by atoms with van der Waals surface area (Å²) in [4.78, 5) is 23.2. The van der Waals surface area contributed by atoms with E-state index < -0.39 is 4.92 Å². The first kappa shape index (κ1) is 16.3. The molecular weight excluding hydrogens is 322 g/mol. The Kier molecular flexibility index (Phi) is 4.51. The van der Waals surface area contributed by atoms with Crippen LogP contribution in [-0.4, -0.2) is 27.0 Å². The van der Waals surface area contributed by atoms with Crippen LogP contribution in [-0.2, 0) is 0 Å². The number of benzene rings is 1. The lowest BCUT2D eigenvalue weighted by Gasteiger charge is -2.09. The number of nitro benzene ring substituents is 1. The van der Waals surface area contributed by atoms with E-state index in [0.29, 0.717) is 23.1 Å². The van der Waals surface area contributed by atoms with Crippen molar-refractivity contribution in [3.63, 3.8) is 0 Å². The second-order valence-corrected chi connectivity index (χ2v) is 5.26. The maximum Gasteiger partial charge on any atom is 0.271 e. The lowest BCUT2D eigenvalue weighted by Crippen LogP contribution is -2.00. The molecule has 25 heavy (non-hydrogen) atoms. The van der Waals surface area contributed by atoms with Crippen LogP contribution in [0.2, 0.25) is 0 Å². The number of pyridine rings is 1. The van der Waals surface area contributed by atoms with Gasteiger partial charge in [0.25, 0.3) is 5.69 Å². The molecule has 0 atom stereocenters. The molecule has 0 saturated heterocycles. The SMILES string of the molecule is COc1cncc(-c2ccnc(Nc3cc([N+](=O)[O-])ccc3C)n2)c1. The molecule has 126 valence electrons. The number of aryl methyl sites for hydroxylation is 1. The number of hydrogen-bond donors (Lipinski definition) is 1. The Hall–Kier alpha value is -3.55. The van der Waals surface area contributed by atoms with E-state index in [4.69, 9.17) is 4.74 Å². The molecule has 0 aliphatic carbocycles. The van der Waals surface area contributed by atoms with E-state index in [2.05, 4.69) is 20.3 Å². The van der Waals surface area contributed by atoms with Gasteiger partial charge in [0.15, 0.2) is 0 Å². The Balaban J connectivity index is 1.92. The first-order chi connectivity index (χ1) is 12.1. The van der Waals surface area contributed by atoms with Gasteiger partial charge in [0.05, 0.1) is 29.6 Å². The van der Waals surface area contributed by atoms with E-state index in [1.807, 2.05) is 13.0 Å². The van der Waals surface area contributed by atoms with Crippen molar-refractivity contribution in [3.05, 3.63) is 64.6 Å². The minimum Gasteiger partial charge on any atom is -0.495 e. The van der Waals surface area contributed by atoms with Gasteiger partial charge in [-0.15, -0.1) is 0 Å². The fourth-order valence-corrected chi connectivity index (χ4v) is 2.23. The summed E-state index contributed by atoms with van der Waals surface area (Å²) in [6, 6.07) is 8.16. The van der Waals surface area contributed by atoms with E-state index in [-0.39, 0.29) is 5.69 Å². The lowest BCUT2D eigenvalue weighted by atomic mass is 10.2. The Labute approximate surface area is 143 Å². The number of nitrogens with zero attached hydrogens (tertiary/aromatic N) is 4. The monoisotopic (exact) mass is 337 g/mol. The maximum atomic E-state index is 10.9. The van der Waals surface area contributed by atoms with Gasteiger partial charge in [-0.2, -0.15) is 0 Å². The normalized spacial score (nSPS) is 10.3. The third kappa shape index (κ3) is 3.69. The molecule has 0 saturated carbocycles. The number of anilines is 2. The molecule has 0 aliphatic rings. The number of ether oxygens (including phenoxy) is 1. The third-order valence-corrected chi connectivity index (χ3v) is 3.58. The molecule has 0 spiro atoms. The largest absolute Gasteiger partial charge is 0.495 e. The number of non-ortho nitro benzene ring substituents is 1. The number of nitrogens with one attached hydrogen (secondary N) is 1. The molecule has 0 unspecified atom stereocenters. The maximum absolute atomic E-state index is 10.9. The van der Waals surface area contributed by atoms with E-state index in [9.17, 15) is 10.1 Å². The first-order valence-electron chi connectivity index (χ1n) is 7.41. The van der Waals surface area contributed by atoms with Gasteiger partial charge in [-0.25, -0.2) is 9.97 Å². The highest BCUT2D eigenvalue weighted by Crippen LogP contribution is 2.25. The second kappa shape index (κ2) is 6.91. The summed E-state index contributed by atoms with van der Waals surface area (Å²) in [6.45, 7) is 1.85. The fourth-order valence-electron chi connectivity index (χ4n) is 2.23. The molecule has 0 amide bonds. The molecule has 0 fully saturated rings. The molecule has 0 bridgehead atoms. The molecule has 3 rings (SSSR count). The minimum atomic E-state index is -0.441. The zero-order valence-electron chi connectivity index (χ0n) is 13.6. The summed E-state index contributed by atoms with van der Waals surface area (Å²) in [5.41, 5.74) is 2.87. The number of hydrogen-bond acceptors (Lipinski definition) is 7. The van der Waals surface area contributed by atoms with Crippen molar-refractivity contribution >= 4 is 17.3 Å². The summed E-state index contributed by atoms with van der Waals surface area (Å²) in [5, 5.41) is 14.0. The molecule has 2 heterocycles. The molecule has 1 aromatic carbocycles. The van der Waals surface area contributed by atoms with Crippen molar-refractivity contribution in [2.24, 2.45) is 0 Å². The fraction of sp³-hybridized carbons (Fsp3) is 0.118. The topological polar surface area (TPSA) is 103 Å². The Bertz CT molecular complexity index is 930. The van der Waals surface area contributed by atoms with Crippen LogP contribution in [0, 0.1) is 17.0 Å². The average Bonchev–Trinajstić information content (AvgIpc) is 2.63. The van der Waals surface area contributed by atoms with Gasteiger partial charge in [0.2, 0.25) is 5.95 Å². The number of rotatable bonds is 5. The van der Waals surface area contributed by atoms with Crippen molar-refractivity contribution in [2.45, 2.75) is 6.92 Å². The van der Waals surface area contributed by atoms with Crippen molar-refractivity contribution in [3.8, 4) is 17.0 Å². The van der Waals surface area contributed by atoms with Gasteiger partial charge in [-0.05, 0) is 24.6 Å². The highest BCUT2D eigenvalue weighted by atomic mass is 16.6. The summed E-state index contributed by atoms with van der Waals surface area (Å²) in [6.07, 6.45) is 4.89. The van der Waals surface area contributed by atoms with Crippen molar-refractivity contribution < 1.29 is 9.66 Å². The zero-order chi connectivity index (χ0) is 17.8. The number of aromatic nitrogens is 3. The highest BCUT2D eigenvalue weighted by molar-refractivity contribution is 5.65. The Morgan fingerprint density at radius 3 is 2.80 bits per heavy atom. The van der Waals surface area contributed by atoms with Crippen LogP contribution < -0.4 is 10.1 Å². The summed E-state index contributed by atoms with van der Waals surface area (Å²) >= 11 is 0. The van der Waals surface area contributed by atoms with Crippen LogP contribution in [0.1, 0.15) is 5.56 Å². The molecule has 8 heteroatoms. The van der Waals surface area contributed by atoms with Gasteiger partial charge in [0.1, 0.15) is 5.75 Å². The lowest BCUT2D eigenvalue weighted by molar-refractivity contribution is -0.384. The molecule has 8 nitrogen and oxygen atoms in total. The van der Waals surface area contributed by atoms with Crippen molar-refractivity contribution in [1.29, 1.82) is 0 Å². The van der Waals surface area contributed by atoms with Gasteiger partial charge >= 0.3 is 0 Å². The number of nitro groups is 1. The van der Waals surface area contributed by atoms with Crippen molar-refractivity contribution in [1.82, 2.24) is 15.0 Å². The number of methoxy groups -OCH3 is 1. The summed E-state index contributed by atoms with van der Waals surface area (Å²) in [7, 11) is 1.57.